The van der Waals surface area contributed by atoms with Crippen LogP contribution in [0.3, 0.4) is 0 Å². The van der Waals surface area contributed by atoms with Crippen LogP contribution in [0.4, 0.5) is 5.82 Å². The quantitative estimate of drug-likeness (QED) is 0.663. The van der Waals surface area contributed by atoms with Crippen molar-refractivity contribution < 1.29 is 0 Å². The third kappa shape index (κ3) is 6.43. The van der Waals surface area contributed by atoms with E-state index in [-0.39, 0.29) is 24.8 Å². The van der Waals surface area contributed by atoms with Gasteiger partial charge in [-0.15, -0.1) is 24.8 Å². The molecule has 1 aromatic rings. The Labute approximate surface area is 105 Å². The first-order chi connectivity index (χ1) is 5.83. The molecule has 0 aliphatic heterocycles. The number of anilines is 1. The second-order valence-corrected chi connectivity index (χ2v) is 3.23. The van der Waals surface area contributed by atoms with Crippen LogP contribution in [0.25, 0.3) is 0 Å². The minimum absolute atomic E-state index is 0. The molecular formula is C8H14BrCl2N3. The number of hydrogen-bond donors (Lipinski definition) is 2. The first-order valence-corrected chi connectivity index (χ1v) is 4.69. The molecule has 1 aromatic heterocycles. The summed E-state index contributed by atoms with van der Waals surface area (Å²) in [6.07, 6.45) is 0.966. The van der Waals surface area contributed by atoms with Crippen LogP contribution in [0.2, 0.25) is 0 Å². The topological polar surface area (TPSA) is 50.9 Å². The van der Waals surface area contributed by atoms with Crippen molar-refractivity contribution in [1.82, 2.24) is 4.98 Å². The maximum Gasteiger partial charge on any atom is 0.127 e. The van der Waals surface area contributed by atoms with Crippen LogP contribution in [0, 0.1) is 0 Å². The first kappa shape index (κ1) is 16.4. The molecule has 0 fully saturated rings. The molecule has 6 heteroatoms. The summed E-state index contributed by atoms with van der Waals surface area (Å²) in [5.41, 5.74) is 5.35. The molecule has 0 saturated carbocycles. The molecule has 14 heavy (non-hydrogen) atoms. The van der Waals surface area contributed by atoms with Gasteiger partial charge in [0.2, 0.25) is 0 Å². The second-order valence-electron chi connectivity index (χ2n) is 2.41. The standard InChI is InChI=1S/C8H12BrN3.2ClH/c9-7-3-1-4-8(12-7)11-6-2-5-10;;/h1,3-4H,2,5-6,10H2,(H,11,12);2*1H. The van der Waals surface area contributed by atoms with Gasteiger partial charge in [-0.25, -0.2) is 4.98 Å². The zero-order valence-electron chi connectivity index (χ0n) is 7.57. The van der Waals surface area contributed by atoms with Gasteiger partial charge in [0.25, 0.3) is 0 Å². The van der Waals surface area contributed by atoms with Crippen LogP contribution in [0.15, 0.2) is 22.8 Å². The number of aromatic nitrogens is 1. The predicted octanol–water partition coefficient (Wildman–Crippen LogP) is 2.45. The van der Waals surface area contributed by atoms with Crippen molar-refractivity contribution >= 4 is 46.6 Å². The third-order valence-electron chi connectivity index (χ3n) is 1.40. The average Bonchev–Trinajstić information content (AvgIpc) is 2.05. The SMILES string of the molecule is Cl.Cl.NCCCNc1cccc(Br)n1. The van der Waals surface area contributed by atoms with Crippen LogP contribution in [-0.4, -0.2) is 18.1 Å². The molecule has 3 N–H and O–H groups in total. The fourth-order valence-corrected chi connectivity index (χ4v) is 1.17. The number of hydrogen-bond acceptors (Lipinski definition) is 3. The highest BCUT2D eigenvalue weighted by molar-refractivity contribution is 9.10. The number of nitrogens with one attached hydrogen (secondary N) is 1. The van der Waals surface area contributed by atoms with Crippen molar-refractivity contribution in [3.63, 3.8) is 0 Å². The Hall–Kier alpha value is -0.0300. The molecule has 0 unspecified atom stereocenters. The van der Waals surface area contributed by atoms with Gasteiger partial charge in [0.05, 0.1) is 0 Å². The van der Waals surface area contributed by atoms with Gasteiger partial charge in [-0.2, -0.15) is 0 Å². The zero-order chi connectivity index (χ0) is 8.81. The van der Waals surface area contributed by atoms with Crippen LogP contribution in [0.5, 0.6) is 0 Å². The number of nitrogens with zero attached hydrogens (tertiary/aromatic N) is 1. The predicted molar refractivity (Wildman–Crippen MR) is 68.6 cm³/mol. The lowest BCUT2D eigenvalue weighted by molar-refractivity contribution is 0.870. The second kappa shape index (κ2) is 9.52. The van der Waals surface area contributed by atoms with E-state index in [1.165, 1.54) is 0 Å². The summed E-state index contributed by atoms with van der Waals surface area (Å²) in [6, 6.07) is 5.78. The summed E-state index contributed by atoms with van der Waals surface area (Å²) < 4.78 is 0.847. The summed E-state index contributed by atoms with van der Waals surface area (Å²) in [7, 11) is 0. The van der Waals surface area contributed by atoms with Crippen LogP contribution >= 0.6 is 40.7 Å². The lowest BCUT2D eigenvalue weighted by atomic mass is 10.4. The molecule has 0 atom stereocenters. The molecule has 0 aromatic carbocycles. The molecule has 0 radical (unpaired) electrons. The third-order valence-corrected chi connectivity index (χ3v) is 1.84. The first-order valence-electron chi connectivity index (χ1n) is 3.89. The molecule has 1 rings (SSSR count). The Morgan fingerprint density at radius 3 is 2.64 bits per heavy atom. The summed E-state index contributed by atoms with van der Waals surface area (Å²) >= 11 is 3.30. The largest absolute Gasteiger partial charge is 0.370 e. The van der Waals surface area contributed by atoms with E-state index in [9.17, 15) is 0 Å². The van der Waals surface area contributed by atoms with E-state index in [4.69, 9.17) is 5.73 Å². The fourth-order valence-electron chi connectivity index (χ4n) is 0.825. The Balaban J connectivity index is 0. The molecule has 0 amide bonds. The Kier molecular flexibility index (Phi) is 11.2. The van der Waals surface area contributed by atoms with Gasteiger partial charge in [0, 0.05) is 6.54 Å². The smallest absolute Gasteiger partial charge is 0.127 e. The number of pyridine rings is 1. The van der Waals surface area contributed by atoms with E-state index in [1.54, 1.807) is 0 Å². The summed E-state index contributed by atoms with van der Waals surface area (Å²) in [5, 5.41) is 3.17. The average molecular weight is 303 g/mol. The van der Waals surface area contributed by atoms with E-state index in [0.717, 1.165) is 23.4 Å². The highest BCUT2D eigenvalue weighted by Crippen LogP contribution is 2.09. The van der Waals surface area contributed by atoms with Crippen molar-refractivity contribution in [2.24, 2.45) is 5.73 Å². The van der Waals surface area contributed by atoms with E-state index in [2.05, 4.69) is 26.2 Å². The highest BCUT2D eigenvalue weighted by Gasteiger charge is 1.92. The zero-order valence-corrected chi connectivity index (χ0v) is 10.8. The Morgan fingerprint density at radius 2 is 2.07 bits per heavy atom. The lowest BCUT2D eigenvalue weighted by Gasteiger charge is -2.03. The van der Waals surface area contributed by atoms with E-state index < -0.39 is 0 Å². The van der Waals surface area contributed by atoms with E-state index >= 15 is 0 Å². The minimum Gasteiger partial charge on any atom is -0.370 e. The van der Waals surface area contributed by atoms with Crippen LogP contribution < -0.4 is 11.1 Å². The Bertz CT molecular complexity index is 248. The molecule has 0 saturated heterocycles. The van der Waals surface area contributed by atoms with E-state index in [1.807, 2.05) is 18.2 Å². The summed E-state index contributed by atoms with van der Waals surface area (Å²) in [4.78, 5) is 4.21. The number of nitrogens with two attached hydrogens (primary N) is 1. The van der Waals surface area contributed by atoms with Gasteiger partial charge >= 0.3 is 0 Å². The van der Waals surface area contributed by atoms with Gasteiger partial charge in [0.15, 0.2) is 0 Å². The summed E-state index contributed by atoms with van der Waals surface area (Å²) in [5.74, 6) is 0.887. The molecule has 82 valence electrons. The van der Waals surface area contributed by atoms with Crippen molar-refractivity contribution in [3.8, 4) is 0 Å². The molecule has 1 heterocycles. The van der Waals surface area contributed by atoms with Crippen molar-refractivity contribution in [1.29, 1.82) is 0 Å². The summed E-state index contributed by atoms with van der Waals surface area (Å²) in [6.45, 7) is 1.58. The van der Waals surface area contributed by atoms with Crippen LogP contribution in [0.1, 0.15) is 6.42 Å². The van der Waals surface area contributed by atoms with Crippen molar-refractivity contribution in [2.75, 3.05) is 18.4 Å². The van der Waals surface area contributed by atoms with E-state index in [0.29, 0.717) is 6.54 Å². The van der Waals surface area contributed by atoms with Gasteiger partial charge in [-0.05, 0) is 41.0 Å². The van der Waals surface area contributed by atoms with Crippen LogP contribution in [-0.2, 0) is 0 Å². The number of rotatable bonds is 4. The maximum absolute atomic E-state index is 5.35. The molecule has 0 aliphatic carbocycles. The molecular weight excluding hydrogens is 289 g/mol. The van der Waals surface area contributed by atoms with Gasteiger partial charge in [-0.1, -0.05) is 6.07 Å². The van der Waals surface area contributed by atoms with Crippen molar-refractivity contribution in [3.05, 3.63) is 22.8 Å². The highest BCUT2D eigenvalue weighted by atomic mass is 79.9. The monoisotopic (exact) mass is 301 g/mol. The van der Waals surface area contributed by atoms with Crippen molar-refractivity contribution in [2.45, 2.75) is 6.42 Å². The molecule has 3 nitrogen and oxygen atoms in total. The lowest BCUT2D eigenvalue weighted by Crippen LogP contribution is -2.09. The number of halogens is 3. The Morgan fingerprint density at radius 1 is 1.36 bits per heavy atom. The van der Waals surface area contributed by atoms with Gasteiger partial charge in [0.1, 0.15) is 10.4 Å². The van der Waals surface area contributed by atoms with Gasteiger partial charge in [-0.3, -0.25) is 0 Å². The molecule has 0 aliphatic rings. The fraction of sp³-hybridized carbons (Fsp3) is 0.375. The molecule has 0 spiro atoms. The molecule has 0 bridgehead atoms. The maximum atomic E-state index is 5.35. The minimum atomic E-state index is 0. The normalized spacial score (nSPS) is 8.43. The van der Waals surface area contributed by atoms with Gasteiger partial charge < -0.3 is 11.1 Å².